The quantitative estimate of drug-likeness (QED) is 0.687. The summed E-state index contributed by atoms with van der Waals surface area (Å²) >= 11 is 0. The molecule has 2 rings (SSSR count). The van der Waals surface area contributed by atoms with Gasteiger partial charge in [0, 0.05) is 25.7 Å². The molecule has 86 valence electrons. The van der Waals surface area contributed by atoms with Gasteiger partial charge >= 0.3 is 6.03 Å². The second-order valence-corrected chi connectivity index (χ2v) is 4.70. The van der Waals surface area contributed by atoms with Gasteiger partial charge in [-0.15, -0.1) is 0 Å². The summed E-state index contributed by atoms with van der Waals surface area (Å²) in [5.41, 5.74) is 0. The van der Waals surface area contributed by atoms with Gasteiger partial charge in [0.2, 0.25) is 0 Å². The SMILES string of the molecule is CCN(C(=O)N1CCCC1)C1CCCC1. The van der Waals surface area contributed by atoms with E-state index in [0.29, 0.717) is 12.1 Å². The minimum Gasteiger partial charge on any atom is -0.325 e. The lowest BCUT2D eigenvalue weighted by molar-refractivity contribution is 0.145. The standard InChI is InChI=1S/C12H22N2O/c1-2-14(11-7-3-4-8-11)12(15)13-9-5-6-10-13/h11H,2-10H2,1H3. The second-order valence-electron chi connectivity index (χ2n) is 4.70. The molecule has 0 aromatic carbocycles. The number of hydrogen-bond acceptors (Lipinski definition) is 1. The van der Waals surface area contributed by atoms with Gasteiger partial charge < -0.3 is 9.80 Å². The third kappa shape index (κ3) is 2.27. The van der Waals surface area contributed by atoms with Gasteiger partial charge in [-0.25, -0.2) is 4.79 Å². The number of nitrogens with zero attached hydrogens (tertiary/aromatic N) is 2. The molecule has 15 heavy (non-hydrogen) atoms. The summed E-state index contributed by atoms with van der Waals surface area (Å²) in [6, 6.07) is 0.824. The minimum atomic E-state index is 0.293. The summed E-state index contributed by atoms with van der Waals surface area (Å²) in [5.74, 6) is 0. The molecular formula is C12H22N2O. The van der Waals surface area contributed by atoms with Gasteiger partial charge in [-0.1, -0.05) is 12.8 Å². The number of urea groups is 1. The van der Waals surface area contributed by atoms with E-state index < -0.39 is 0 Å². The van der Waals surface area contributed by atoms with Crippen molar-refractivity contribution in [2.45, 2.75) is 51.5 Å². The van der Waals surface area contributed by atoms with Crippen LogP contribution in [0.15, 0.2) is 0 Å². The Morgan fingerprint density at radius 3 is 2.33 bits per heavy atom. The number of amides is 2. The van der Waals surface area contributed by atoms with E-state index in [4.69, 9.17) is 0 Å². The molecule has 0 radical (unpaired) electrons. The Morgan fingerprint density at radius 1 is 1.20 bits per heavy atom. The Labute approximate surface area is 92.4 Å². The highest BCUT2D eigenvalue weighted by Gasteiger charge is 2.29. The Morgan fingerprint density at radius 2 is 1.80 bits per heavy atom. The number of likely N-dealkylation sites (tertiary alicyclic amines) is 1. The van der Waals surface area contributed by atoms with E-state index in [-0.39, 0.29) is 0 Å². The third-order valence-corrected chi connectivity index (χ3v) is 3.73. The molecule has 0 aromatic rings. The van der Waals surface area contributed by atoms with Gasteiger partial charge in [0.05, 0.1) is 0 Å². The van der Waals surface area contributed by atoms with Crippen molar-refractivity contribution in [2.24, 2.45) is 0 Å². The molecule has 0 bridgehead atoms. The molecule has 2 amide bonds. The van der Waals surface area contributed by atoms with Gasteiger partial charge in [-0.3, -0.25) is 0 Å². The maximum Gasteiger partial charge on any atom is 0.320 e. The molecule has 3 nitrogen and oxygen atoms in total. The number of hydrogen-bond donors (Lipinski definition) is 0. The smallest absolute Gasteiger partial charge is 0.320 e. The Hall–Kier alpha value is -0.730. The summed E-state index contributed by atoms with van der Waals surface area (Å²) in [7, 11) is 0. The molecule has 1 aliphatic carbocycles. The topological polar surface area (TPSA) is 23.6 Å². The molecule has 3 heteroatoms. The van der Waals surface area contributed by atoms with Crippen LogP contribution in [0.5, 0.6) is 0 Å². The maximum atomic E-state index is 12.2. The van der Waals surface area contributed by atoms with Gasteiger partial charge in [0.25, 0.3) is 0 Å². The first kappa shape index (κ1) is 10.8. The van der Waals surface area contributed by atoms with Crippen LogP contribution in [-0.2, 0) is 0 Å². The lowest BCUT2D eigenvalue weighted by Gasteiger charge is -2.31. The van der Waals surface area contributed by atoms with Crippen molar-refractivity contribution in [1.82, 2.24) is 9.80 Å². The van der Waals surface area contributed by atoms with Crippen LogP contribution in [0.25, 0.3) is 0 Å². The summed E-state index contributed by atoms with van der Waals surface area (Å²) in [6.07, 6.45) is 7.41. The number of carbonyl (C=O) groups is 1. The highest BCUT2D eigenvalue weighted by atomic mass is 16.2. The number of carbonyl (C=O) groups excluding carboxylic acids is 1. The fourth-order valence-corrected chi connectivity index (χ4v) is 2.86. The van der Waals surface area contributed by atoms with Crippen molar-refractivity contribution in [3.05, 3.63) is 0 Å². The van der Waals surface area contributed by atoms with Crippen molar-refractivity contribution in [2.75, 3.05) is 19.6 Å². The maximum absolute atomic E-state index is 12.2. The van der Waals surface area contributed by atoms with Gasteiger partial charge in [0.15, 0.2) is 0 Å². The predicted molar refractivity (Wildman–Crippen MR) is 60.8 cm³/mol. The van der Waals surface area contributed by atoms with Crippen molar-refractivity contribution in [3.63, 3.8) is 0 Å². The normalized spacial score (nSPS) is 22.3. The van der Waals surface area contributed by atoms with Gasteiger partial charge in [0.1, 0.15) is 0 Å². The fraction of sp³-hybridized carbons (Fsp3) is 0.917. The molecule has 1 heterocycles. The molecule has 1 aliphatic heterocycles. The monoisotopic (exact) mass is 210 g/mol. The number of rotatable bonds is 2. The van der Waals surface area contributed by atoms with Gasteiger partial charge in [-0.05, 0) is 32.6 Å². The third-order valence-electron chi connectivity index (χ3n) is 3.73. The summed E-state index contributed by atoms with van der Waals surface area (Å²) in [5, 5.41) is 0. The molecule has 2 fully saturated rings. The van der Waals surface area contributed by atoms with Crippen molar-refractivity contribution in [1.29, 1.82) is 0 Å². The van der Waals surface area contributed by atoms with Crippen LogP contribution in [0, 0.1) is 0 Å². The second kappa shape index (κ2) is 4.86. The van der Waals surface area contributed by atoms with E-state index in [0.717, 1.165) is 19.6 Å². The first-order valence-electron chi connectivity index (χ1n) is 6.38. The lowest BCUT2D eigenvalue weighted by atomic mass is 10.2. The van der Waals surface area contributed by atoms with Crippen LogP contribution in [0.3, 0.4) is 0 Å². The zero-order valence-electron chi connectivity index (χ0n) is 9.74. The molecule has 0 atom stereocenters. The summed E-state index contributed by atoms with van der Waals surface area (Å²) < 4.78 is 0. The van der Waals surface area contributed by atoms with E-state index in [9.17, 15) is 4.79 Å². The first-order valence-corrected chi connectivity index (χ1v) is 6.38. The van der Waals surface area contributed by atoms with Gasteiger partial charge in [-0.2, -0.15) is 0 Å². The highest BCUT2D eigenvalue weighted by molar-refractivity contribution is 5.75. The van der Waals surface area contributed by atoms with Crippen LogP contribution < -0.4 is 0 Å². The molecule has 0 aromatic heterocycles. The van der Waals surface area contributed by atoms with E-state index >= 15 is 0 Å². The highest BCUT2D eigenvalue weighted by Crippen LogP contribution is 2.25. The van der Waals surface area contributed by atoms with Crippen molar-refractivity contribution < 1.29 is 4.79 Å². The molecular weight excluding hydrogens is 188 g/mol. The Kier molecular flexibility index (Phi) is 3.49. The fourth-order valence-electron chi connectivity index (χ4n) is 2.86. The molecule has 0 spiro atoms. The zero-order valence-corrected chi connectivity index (χ0v) is 9.74. The zero-order chi connectivity index (χ0) is 10.7. The summed E-state index contributed by atoms with van der Waals surface area (Å²) in [6.45, 7) is 4.93. The average Bonchev–Trinajstić information content (AvgIpc) is 2.91. The van der Waals surface area contributed by atoms with Crippen molar-refractivity contribution >= 4 is 6.03 Å². The van der Waals surface area contributed by atoms with Crippen LogP contribution in [0.1, 0.15) is 45.4 Å². The lowest BCUT2D eigenvalue weighted by Crippen LogP contribution is -2.46. The van der Waals surface area contributed by atoms with Crippen molar-refractivity contribution in [3.8, 4) is 0 Å². The molecule has 1 saturated carbocycles. The first-order chi connectivity index (χ1) is 7.33. The minimum absolute atomic E-state index is 0.293. The summed E-state index contributed by atoms with van der Waals surface area (Å²) in [4.78, 5) is 16.3. The van der Waals surface area contributed by atoms with E-state index in [1.165, 1.54) is 38.5 Å². The van der Waals surface area contributed by atoms with Crippen LogP contribution >= 0.6 is 0 Å². The molecule has 2 aliphatic rings. The average molecular weight is 210 g/mol. The predicted octanol–water partition coefficient (Wildman–Crippen LogP) is 2.47. The molecule has 1 saturated heterocycles. The molecule has 0 unspecified atom stereocenters. The van der Waals surface area contributed by atoms with Crippen LogP contribution in [0.4, 0.5) is 4.79 Å². The Bertz CT molecular complexity index is 218. The Balaban J connectivity index is 1.95. The van der Waals surface area contributed by atoms with E-state index in [1.807, 2.05) is 4.90 Å². The van der Waals surface area contributed by atoms with Crippen LogP contribution in [-0.4, -0.2) is 41.5 Å². The largest absolute Gasteiger partial charge is 0.325 e. The van der Waals surface area contributed by atoms with Crippen LogP contribution in [0.2, 0.25) is 0 Å². The van der Waals surface area contributed by atoms with E-state index in [2.05, 4.69) is 11.8 Å². The van der Waals surface area contributed by atoms with E-state index in [1.54, 1.807) is 0 Å². The molecule has 0 N–H and O–H groups in total.